The van der Waals surface area contributed by atoms with Gasteiger partial charge < -0.3 is 16.0 Å². The maximum atomic E-state index is 5.72. The van der Waals surface area contributed by atoms with Crippen molar-refractivity contribution in [2.75, 3.05) is 31.2 Å². The second-order valence-corrected chi connectivity index (χ2v) is 4.01. The topological polar surface area (TPSA) is 67.1 Å². The summed E-state index contributed by atoms with van der Waals surface area (Å²) >= 11 is 0. The van der Waals surface area contributed by atoms with Gasteiger partial charge in [0.2, 0.25) is 0 Å². The molecule has 1 aliphatic rings. The molecule has 5 nitrogen and oxygen atoms in total. The van der Waals surface area contributed by atoms with Gasteiger partial charge in [-0.05, 0) is 33.0 Å². The van der Waals surface area contributed by atoms with E-state index in [1.807, 2.05) is 0 Å². The Kier molecular flexibility index (Phi) is 3.01. The largest absolute Gasteiger partial charge is 0.381 e. The summed E-state index contributed by atoms with van der Waals surface area (Å²) in [5, 5.41) is 3.34. The number of nitrogens with one attached hydrogen (secondary N) is 1. The van der Waals surface area contributed by atoms with Crippen LogP contribution in [-0.4, -0.2) is 41.0 Å². The molecule has 0 bridgehead atoms. The molecule has 0 atom stereocenters. The number of hydrogen-bond donors (Lipinski definition) is 2. The van der Waals surface area contributed by atoms with Crippen LogP contribution in [0.2, 0.25) is 0 Å². The predicted molar refractivity (Wildman–Crippen MR) is 60.6 cm³/mol. The number of aromatic nitrogens is 2. The van der Waals surface area contributed by atoms with E-state index in [2.05, 4.69) is 27.2 Å². The third kappa shape index (κ3) is 2.56. The zero-order valence-electron chi connectivity index (χ0n) is 8.98. The Morgan fingerprint density at radius 3 is 2.67 bits per heavy atom. The van der Waals surface area contributed by atoms with Crippen LogP contribution in [0, 0.1) is 0 Å². The molecule has 0 spiro atoms. The second-order valence-electron chi connectivity index (χ2n) is 4.01. The van der Waals surface area contributed by atoms with Crippen LogP contribution in [0.3, 0.4) is 0 Å². The predicted octanol–water partition coefficient (Wildman–Crippen LogP) is 0.565. The quantitative estimate of drug-likeness (QED) is 0.742. The summed E-state index contributed by atoms with van der Waals surface area (Å²) < 4.78 is 0. The highest BCUT2D eigenvalue weighted by Gasteiger charge is 2.17. The highest BCUT2D eigenvalue weighted by Crippen LogP contribution is 2.16. The van der Waals surface area contributed by atoms with Gasteiger partial charge in [0, 0.05) is 18.4 Å². The average molecular weight is 207 g/mol. The molecule has 1 aromatic heterocycles. The van der Waals surface area contributed by atoms with Crippen molar-refractivity contribution in [3.05, 3.63) is 12.4 Å². The lowest BCUT2D eigenvalue weighted by Gasteiger charge is -2.29. The zero-order valence-corrected chi connectivity index (χ0v) is 8.98. The van der Waals surface area contributed by atoms with Gasteiger partial charge in [0.15, 0.2) is 11.6 Å². The van der Waals surface area contributed by atoms with Crippen molar-refractivity contribution in [3.63, 3.8) is 0 Å². The number of nitrogens with zero attached hydrogens (tertiary/aromatic N) is 3. The lowest BCUT2D eigenvalue weighted by atomic mass is 10.1. The van der Waals surface area contributed by atoms with E-state index < -0.39 is 0 Å². The highest BCUT2D eigenvalue weighted by atomic mass is 15.1. The molecule has 0 aliphatic carbocycles. The third-order valence-electron chi connectivity index (χ3n) is 2.79. The third-order valence-corrected chi connectivity index (χ3v) is 2.79. The van der Waals surface area contributed by atoms with Gasteiger partial charge in [-0.2, -0.15) is 0 Å². The summed E-state index contributed by atoms with van der Waals surface area (Å²) in [6.07, 6.45) is 5.53. The van der Waals surface area contributed by atoms with Crippen LogP contribution in [0.15, 0.2) is 12.4 Å². The SMILES string of the molecule is CN1CCC(Nc2nccnc2N)CC1. The van der Waals surface area contributed by atoms with Gasteiger partial charge >= 0.3 is 0 Å². The molecule has 0 saturated carbocycles. The molecule has 0 aromatic carbocycles. The fourth-order valence-corrected chi connectivity index (χ4v) is 1.81. The van der Waals surface area contributed by atoms with E-state index >= 15 is 0 Å². The Hall–Kier alpha value is -1.36. The van der Waals surface area contributed by atoms with Gasteiger partial charge in [0.1, 0.15) is 0 Å². The van der Waals surface area contributed by atoms with E-state index in [-0.39, 0.29) is 0 Å². The summed E-state index contributed by atoms with van der Waals surface area (Å²) in [5.74, 6) is 1.20. The molecule has 82 valence electrons. The first-order chi connectivity index (χ1) is 7.25. The smallest absolute Gasteiger partial charge is 0.169 e. The Morgan fingerprint density at radius 1 is 1.33 bits per heavy atom. The van der Waals surface area contributed by atoms with Crippen molar-refractivity contribution in [1.82, 2.24) is 14.9 Å². The Labute approximate surface area is 89.7 Å². The number of anilines is 2. The minimum absolute atomic E-state index is 0.472. The fourth-order valence-electron chi connectivity index (χ4n) is 1.81. The number of hydrogen-bond acceptors (Lipinski definition) is 5. The van der Waals surface area contributed by atoms with Crippen LogP contribution in [0.25, 0.3) is 0 Å². The minimum Gasteiger partial charge on any atom is -0.381 e. The molecule has 2 heterocycles. The van der Waals surface area contributed by atoms with Crippen LogP contribution in [-0.2, 0) is 0 Å². The lowest BCUT2D eigenvalue weighted by Crippen LogP contribution is -2.37. The Bertz CT molecular complexity index is 319. The molecule has 0 unspecified atom stereocenters. The van der Waals surface area contributed by atoms with Crippen LogP contribution >= 0.6 is 0 Å². The number of piperidine rings is 1. The standard InChI is InChI=1S/C10H17N5/c1-15-6-2-8(3-7-15)14-10-9(11)12-4-5-13-10/h4-5,8H,2-3,6-7H2,1H3,(H2,11,12)(H,13,14). The first kappa shape index (κ1) is 10.2. The number of nitrogens with two attached hydrogens (primary N) is 1. The Morgan fingerprint density at radius 2 is 2.00 bits per heavy atom. The molecule has 5 heteroatoms. The van der Waals surface area contributed by atoms with E-state index in [0.29, 0.717) is 17.7 Å². The van der Waals surface area contributed by atoms with Gasteiger partial charge in [-0.3, -0.25) is 0 Å². The normalized spacial score (nSPS) is 19.0. The van der Waals surface area contributed by atoms with Crippen molar-refractivity contribution in [1.29, 1.82) is 0 Å². The fraction of sp³-hybridized carbons (Fsp3) is 0.600. The van der Waals surface area contributed by atoms with Crippen LogP contribution in [0.5, 0.6) is 0 Å². The lowest BCUT2D eigenvalue weighted by molar-refractivity contribution is 0.263. The first-order valence-corrected chi connectivity index (χ1v) is 5.27. The van der Waals surface area contributed by atoms with Crippen molar-refractivity contribution in [2.45, 2.75) is 18.9 Å². The van der Waals surface area contributed by atoms with E-state index in [0.717, 1.165) is 25.9 Å². The van der Waals surface area contributed by atoms with Gasteiger partial charge in [-0.1, -0.05) is 0 Å². The van der Waals surface area contributed by atoms with Gasteiger partial charge in [-0.25, -0.2) is 9.97 Å². The molecule has 1 fully saturated rings. The molecule has 1 aliphatic heterocycles. The molecular weight excluding hydrogens is 190 g/mol. The maximum absolute atomic E-state index is 5.72. The summed E-state index contributed by atoms with van der Waals surface area (Å²) in [4.78, 5) is 10.5. The maximum Gasteiger partial charge on any atom is 0.169 e. The molecule has 2 rings (SSSR count). The number of rotatable bonds is 2. The van der Waals surface area contributed by atoms with Crippen LogP contribution < -0.4 is 11.1 Å². The van der Waals surface area contributed by atoms with Crippen LogP contribution in [0.1, 0.15) is 12.8 Å². The summed E-state index contributed by atoms with van der Waals surface area (Å²) in [5.41, 5.74) is 5.72. The summed E-state index contributed by atoms with van der Waals surface area (Å²) in [7, 11) is 2.15. The average Bonchev–Trinajstić information content (AvgIpc) is 2.25. The summed E-state index contributed by atoms with van der Waals surface area (Å²) in [6.45, 7) is 2.25. The van der Waals surface area contributed by atoms with Crippen molar-refractivity contribution in [2.24, 2.45) is 0 Å². The molecule has 0 radical (unpaired) electrons. The van der Waals surface area contributed by atoms with E-state index in [4.69, 9.17) is 5.73 Å². The molecule has 1 saturated heterocycles. The Balaban J connectivity index is 1.95. The minimum atomic E-state index is 0.472. The van der Waals surface area contributed by atoms with Crippen LogP contribution in [0.4, 0.5) is 11.6 Å². The molecule has 0 amide bonds. The zero-order chi connectivity index (χ0) is 10.7. The number of likely N-dealkylation sites (tertiary alicyclic amines) is 1. The van der Waals surface area contributed by atoms with Gasteiger partial charge in [0.25, 0.3) is 0 Å². The first-order valence-electron chi connectivity index (χ1n) is 5.27. The molecule has 15 heavy (non-hydrogen) atoms. The van der Waals surface area contributed by atoms with E-state index in [1.165, 1.54) is 0 Å². The highest BCUT2D eigenvalue weighted by molar-refractivity contribution is 5.55. The number of nitrogen functional groups attached to an aromatic ring is 1. The monoisotopic (exact) mass is 207 g/mol. The van der Waals surface area contributed by atoms with Gasteiger partial charge in [-0.15, -0.1) is 0 Å². The molecule has 1 aromatic rings. The second kappa shape index (κ2) is 4.44. The van der Waals surface area contributed by atoms with Gasteiger partial charge in [0.05, 0.1) is 0 Å². The summed E-state index contributed by atoms with van der Waals surface area (Å²) in [6, 6.07) is 0.472. The van der Waals surface area contributed by atoms with E-state index in [1.54, 1.807) is 12.4 Å². The van der Waals surface area contributed by atoms with E-state index in [9.17, 15) is 0 Å². The molecule has 3 N–H and O–H groups in total. The van der Waals surface area contributed by atoms with Crippen molar-refractivity contribution >= 4 is 11.6 Å². The van der Waals surface area contributed by atoms with Crippen molar-refractivity contribution in [3.8, 4) is 0 Å². The van der Waals surface area contributed by atoms with Crippen molar-refractivity contribution < 1.29 is 0 Å². The molecular formula is C10H17N5.